The van der Waals surface area contributed by atoms with Gasteiger partial charge in [0.25, 0.3) is 0 Å². The van der Waals surface area contributed by atoms with Crippen molar-refractivity contribution >= 4 is 11.9 Å². The van der Waals surface area contributed by atoms with Crippen LogP contribution < -0.4 is 9.47 Å². The number of nitriles is 1. The molecule has 2 aromatic carbocycles. The van der Waals surface area contributed by atoms with Crippen molar-refractivity contribution in [1.82, 2.24) is 14.7 Å². The van der Waals surface area contributed by atoms with Crippen LogP contribution in [-0.4, -0.2) is 79.5 Å². The van der Waals surface area contributed by atoms with Gasteiger partial charge in [-0.2, -0.15) is 5.26 Å². The van der Waals surface area contributed by atoms with E-state index in [4.69, 9.17) is 18.9 Å². The van der Waals surface area contributed by atoms with Crippen molar-refractivity contribution < 1.29 is 28.5 Å². The smallest absolute Gasteiger partial charge is 0.338 e. The number of carbonyl (C=O) groups is 2. The Hall–Kier alpha value is -4.07. The Balaban J connectivity index is 1.90. The molecule has 0 spiro atoms. The number of hydrogen-bond donors (Lipinski definition) is 0. The van der Waals surface area contributed by atoms with Crippen LogP contribution in [0.3, 0.4) is 0 Å². The molecule has 10 heteroatoms. The molecule has 0 aliphatic carbocycles. The highest BCUT2D eigenvalue weighted by Crippen LogP contribution is 2.41. The predicted molar refractivity (Wildman–Crippen MR) is 151 cm³/mol. The van der Waals surface area contributed by atoms with E-state index in [-0.39, 0.29) is 25.7 Å². The molecule has 0 saturated carbocycles. The van der Waals surface area contributed by atoms with Gasteiger partial charge in [-0.1, -0.05) is 24.3 Å². The molecule has 218 valence electrons. The Labute approximate surface area is 241 Å². The summed E-state index contributed by atoms with van der Waals surface area (Å²) in [6.45, 7) is 4.51. The second kappa shape index (κ2) is 13.5. The van der Waals surface area contributed by atoms with Crippen molar-refractivity contribution in [2.24, 2.45) is 5.92 Å². The van der Waals surface area contributed by atoms with E-state index >= 15 is 0 Å². The number of benzene rings is 2. The molecule has 2 aliphatic rings. The largest absolute Gasteiger partial charge is 0.497 e. The first kappa shape index (κ1) is 29.9. The maximum atomic E-state index is 13.9. The summed E-state index contributed by atoms with van der Waals surface area (Å²) in [4.78, 5) is 33.5. The summed E-state index contributed by atoms with van der Waals surface area (Å²) in [6, 6.07) is 16.7. The number of fused-ring (bicyclic) bond motifs is 1. The first-order valence-corrected chi connectivity index (χ1v) is 13.8. The van der Waals surface area contributed by atoms with Crippen LogP contribution in [-0.2, 0) is 32.2 Å². The molecule has 41 heavy (non-hydrogen) atoms. The van der Waals surface area contributed by atoms with Crippen LogP contribution in [0.4, 0.5) is 0 Å². The van der Waals surface area contributed by atoms with Crippen LogP contribution >= 0.6 is 0 Å². The molecule has 0 unspecified atom stereocenters. The first-order chi connectivity index (χ1) is 19.8. The van der Waals surface area contributed by atoms with E-state index in [1.807, 2.05) is 65.4 Å². The summed E-state index contributed by atoms with van der Waals surface area (Å²) in [7, 11) is 5.08. The summed E-state index contributed by atoms with van der Waals surface area (Å²) in [5.41, 5.74) is 2.34. The second-order valence-electron chi connectivity index (χ2n) is 10.1. The van der Waals surface area contributed by atoms with E-state index < -0.39 is 30.3 Å². The fourth-order valence-electron chi connectivity index (χ4n) is 5.95. The van der Waals surface area contributed by atoms with Crippen molar-refractivity contribution in [3.8, 4) is 17.6 Å². The molecule has 10 nitrogen and oxygen atoms in total. The van der Waals surface area contributed by atoms with Gasteiger partial charge in [0, 0.05) is 37.8 Å². The maximum absolute atomic E-state index is 13.9. The minimum atomic E-state index is -0.928. The maximum Gasteiger partial charge on any atom is 0.338 e. The van der Waals surface area contributed by atoms with Crippen LogP contribution in [0.15, 0.2) is 60.3 Å². The molecule has 2 aliphatic heterocycles. The summed E-state index contributed by atoms with van der Waals surface area (Å²) in [5.74, 6) is 0.0894. The molecule has 4 rings (SSSR count). The van der Waals surface area contributed by atoms with E-state index in [0.717, 1.165) is 11.1 Å². The minimum Gasteiger partial charge on any atom is -0.497 e. The number of allylic oxidation sites excluding steroid dienone is 1. The highest BCUT2D eigenvalue weighted by Gasteiger charge is 2.56. The quantitative estimate of drug-likeness (QED) is 0.400. The average molecular weight is 563 g/mol. The second-order valence-corrected chi connectivity index (χ2v) is 10.1. The molecule has 1 fully saturated rings. The van der Waals surface area contributed by atoms with Gasteiger partial charge >= 0.3 is 11.9 Å². The molecule has 0 aromatic heterocycles. The number of methoxy groups -OCH3 is 2. The Morgan fingerprint density at radius 1 is 0.902 bits per heavy atom. The van der Waals surface area contributed by atoms with Crippen LogP contribution in [0.1, 0.15) is 31.4 Å². The molecule has 0 bridgehead atoms. The zero-order valence-electron chi connectivity index (χ0n) is 24.3. The molecular formula is C31H38N4O6. The zero-order valence-corrected chi connectivity index (χ0v) is 24.3. The SMILES string of the molecule is CCOC(=O)[C@@H]1N(Cc2cccc(OC)c2)[C@@H](C(=O)OCC)[C@@H]2CC(C#N)=CN(C)[C@H]2N1Cc1cccc(OC)c1. The first-order valence-electron chi connectivity index (χ1n) is 13.8. The van der Waals surface area contributed by atoms with Gasteiger partial charge in [-0.25, -0.2) is 4.79 Å². The van der Waals surface area contributed by atoms with Gasteiger partial charge in [-0.15, -0.1) is 0 Å². The van der Waals surface area contributed by atoms with Crippen molar-refractivity contribution in [2.45, 2.75) is 51.7 Å². The summed E-state index contributed by atoms with van der Waals surface area (Å²) in [5, 5.41) is 9.86. The van der Waals surface area contributed by atoms with Gasteiger partial charge in [0.05, 0.1) is 39.7 Å². The lowest BCUT2D eigenvalue weighted by Gasteiger charge is -2.57. The van der Waals surface area contributed by atoms with Crippen molar-refractivity contribution in [3.05, 3.63) is 71.4 Å². The van der Waals surface area contributed by atoms with Gasteiger partial charge < -0.3 is 23.8 Å². The summed E-state index contributed by atoms with van der Waals surface area (Å²) < 4.78 is 22.2. The van der Waals surface area contributed by atoms with E-state index in [2.05, 4.69) is 11.0 Å². The number of rotatable bonds is 10. The normalized spacial score (nSPS) is 22.6. The molecule has 1 saturated heterocycles. The third kappa shape index (κ3) is 6.47. The van der Waals surface area contributed by atoms with Crippen LogP contribution in [0.2, 0.25) is 0 Å². The standard InChI is InChI=1S/C31H38N4O6/c1-6-40-30(36)27-26-16-23(17-32)18-33(3)28(26)35(20-22-11-9-13-25(15-22)39-5)29(31(37)41-7-2)34(27)19-21-10-8-12-24(14-21)38-4/h8-15,18,26-29H,6-7,16,19-20H2,1-5H3/t26-,27+,28-,29+/m0/s1. The summed E-state index contributed by atoms with van der Waals surface area (Å²) in [6.07, 6.45) is 0.821. The highest BCUT2D eigenvalue weighted by atomic mass is 16.5. The zero-order chi connectivity index (χ0) is 29.5. The van der Waals surface area contributed by atoms with E-state index in [1.165, 1.54) is 0 Å². The number of hydrogen-bond acceptors (Lipinski definition) is 10. The van der Waals surface area contributed by atoms with Crippen molar-refractivity contribution in [1.29, 1.82) is 5.26 Å². The monoisotopic (exact) mass is 562 g/mol. The molecule has 4 atom stereocenters. The highest BCUT2D eigenvalue weighted by molar-refractivity contribution is 5.81. The molecule has 0 radical (unpaired) electrons. The van der Waals surface area contributed by atoms with Gasteiger partial charge in [0.1, 0.15) is 17.5 Å². The Morgan fingerprint density at radius 2 is 1.46 bits per heavy atom. The topological polar surface area (TPSA) is 105 Å². The number of carbonyl (C=O) groups excluding carboxylic acids is 2. The molecule has 0 amide bonds. The van der Waals surface area contributed by atoms with Gasteiger partial charge in [-0.05, 0) is 55.7 Å². The lowest BCUT2D eigenvalue weighted by Crippen LogP contribution is -2.73. The fourth-order valence-corrected chi connectivity index (χ4v) is 5.95. The van der Waals surface area contributed by atoms with Gasteiger partial charge in [-0.3, -0.25) is 14.6 Å². The van der Waals surface area contributed by atoms with Crippen molar-refractivity contribution in [2.75, 3.05) is 34.5 Å². The van der Waals surface area contributed by atoms with E-state index in [1.54, 1.807) is 34.3 Å². The van der Waals surface area contributed by atoms with Crippen molar-refractivity contribution in [3.63, 3.8) is 0 Å². The van der Waals surface area contributed by atoms with Gasteiger partial charge in [0.15, 0.2) is 6.17 Å². The van der Waals surface area contributed by atoms with E-state index in [9.17, 15) is 14.9 Å². The molecule has 0 N–H and O–H groups in total. The summed E-state index contributed by atoms with van der Waals surface area (Å²) >= 11 is 0. The predicted octanol–water partition coefficient (Wildman–Crippen LogP) is 3.53. The lowest BCUT2D eigenvalue weighted by molar-refractivity contribution is -0.197. The molecule has 2 heterocycles. The lowest BCUT2D eigenvalue weighted by atomic mass is 9.81. The molecular weight excluding hydrogens is 524 g/mol. The Kier molecular flexibility index (Phi) is 9.86. The van der Waals surface area contributed by atoms with Crippen LogP contribution in [0.5, 0.6) is 11.5 Å². The van der Waals surface area contributed by atoms with Crippen LogP contribution in [0.25, 0.3) is 0 Å². The van der Waals surface area contributed by atoms with Gasteiger partial charge in [0.2, 0.25) is 0 Å². The average Bonchev–Trinajstić information content (AvgIpc) is 2.97. The molecule has 2 aromatic rings. The third-order valence-electron chi connectivity index (χ3n) is 7.51. The van der Waals surface area contributed by atoms with E-state index in [0.29, 0.717) is 30.0 Å². The third-order valence-corrected chi connectivity index (χ3v) is 7.51. The number of nitrogens with zero attached hydrogens (tertiary/aromatic N) is 4. The fraction of sp³-hybridized carbons (Fsp3) is 0.452. The number of ether oxygens (including phenoxy) is 4. The number of esters is 2. The Bertz CT molecular complexity index is 1310. The Morgan fingerprint density at radius 3 is 2.00 bits per heavy atom. The minimum absolute atomic E-state index is 0.182. The van der Waals surface area contributed by atoms with Crippen LogP contribution in [0, 0.1) is 17.2 Å².